The van der Waals surface area contributed by atoms with Crippen molar-refractivity contribution in [2.75, 3.05) is 40.0 Å². The summed E-state index contributed by atoms with van der Waals surface area (Å²) in [5, 5.41) is 6.68. The summed E-state index contributed by atoms with van der Waals surface area (Å²) in [6.07, 6.45) is 3.61. The standard InChI is InChI=1S/C23H33N3O4/c1-18-6-7-20(22(13-18)30-16-19-8-12-28-15-19)14-26-23(24-2)25-9-4-10-27-17-21-5-3-11-29-21/h3,5-7,11,13,19H,4,8-10,12,14-17H2,1-2H3,(H2,24,25,26). The van der Waals surface area contributed by atoms with E-state index in [2.05, 4.69) is 40.7 Å². The Hall–Kier alpha value is -2.51. The highest BCUT2D eigenvalue weighted by Crippen LogP contribution is 2.22. The second-order valence-corrected chi connectivity index (χ2v) is 7.49. The zero-order valence-corrected chi connectivity index (χ0v) is 18.0. The van der Waals surface area contributed by atoms with Gasteiger partial charge < -0.3 is 29.3 Å². The molecule has 0 spiro atoms. The van der Waals surface area contributed by atoms with Crippen LogP contribution in [0.3, 0.4) is 0 Å². The average molecular weight is 416 g/mol. The molecule has 1 unspecified atom stereocenters. The molecule has 0 radical (unpaired) electrons. The minimum atomic E-state index is 0.482. The Bertz CT molecular complexity index is 771. The maximum atomic E-state index is 6.12. The van der Waals surface area contributed by atoms with Crippen molar-refractivity contribution in [2.24, 2.45) is 10.9 Å². The minimum Gasteiger partial charge on any atom is -0.493 e. The van der Waals surface area contributed by atoms with Crippen LogP contribution in [-0.4, -0.2) is 46.0 Å². The van der Waals surface area contributed by atoms with Gasteiger partial charge in [-0.05, 0) is 43.5 Å². The number of nitrogens with one attached hydrogen (secondary N) is 2. The summed E-state index contributed by atoms with van der Waals surface area (Å²) >= 11 is 0. The minimum absolute atomic E-state index is 0.482. The molecule has 1 aromatic heterocycles. The van der Waals surface area contributed by atoms with Crippen molar-refractivity contribution in [3.63, 3.8) is 0 Å². The number of benzene rings is 1. The molecule has 1 atom stereocenters. The summed E-state index contributed by atoms with van der Waals surface area (Å²) in [6, 6.07) is 10.1. The topological polar surface area (TPSA) is 77.3 Å². The lowest BCUT2D eigenvalue weighted by Gasteiger charge is -2.17. The molecule has 0 aliphatic carbocycles. The molecular weight excluding hydrogens is 382 g/mol. The Morgan fingerprint density at radius 3 is 2.97 bits per heavy atom. The second kappa shape index (κ2) is 12.2. The Balaban J connectivity index is 1.38. The molecule has 0 saturated carbocycles. The normalized spacial score (nSPS) is 16.6. The number of nitrogens with zero attached hydrogens (tertiary/aromatic N) is 1. The first-order valence-electron chi connectivity index (χ1n) is 10.6. The Kier molecular flexibility index (Phi) is 9.05. The number of aryl methyl sites for hydroxylation is 1. The quantitative estimate of drug-likeness (QED) is 0.333. The molecule has 2 heterocycles. The predicted octanol–water partition coefficient (Wildman–Crippen LogP) is 3.28. The molecule has 164 valence electrons. The van der Waals surface area contributed by atoms with Gasteiger partial charge in [0, 0.05) is 44.8 Å². The molecule has 1 fully saturated rings. The molecule has 3 rings (SSSR count). The number of rotatable bonds is 11. The van der Waals surface area contributed by atoms with Gasteiger partial charge in [-0.15, -0.1) is 0 Å². The van der Waals surface area contributed by atoms with Crippen LogP contribution in [0.15, 0.2) is 46.0 Å². The van der Waals surface area contributed by atoms with E-state index in [0.717, 1.165) is 55.6 Å². The highest BCUT2D eigenvalue weighted by molar-refractivity contribution is 5.79. The molecule has 1 aromatic carbocycles. The van der Waals surface area contributed by atoms with Gasteiger partial charge in [0.2, 0.25) is 0 Å². The summed E-state index contributed by atoms with van der Waals surface area (Å²) in [6.45, 7) is 6.99. The third kappa shape index (κ3) is 7.39. The van der Waals surface area contributed by atoms with Gasteiger partial charge in [0.15, 0.2) is 5.96 Å². The number of hydrogen-bond donors (Lipinski definition) is 2. The van der Waals surface area contributed by atoms with Crippen LogP contribution >= 0.6 is 0 Å². The SMILES string of the molecule is CN=C(NCCCOCc1ccco1)NCc1ccc(C)cc1OCC1CCOC1. The van der Waals surface area contributed by atoms with Gasteiger partial charge >= 0.3 is 0 Å². The zero-order valence-electron chi connectivity index (χ0n) is 18.0. The summed E-state index contributed by atoms with van der Waals surface area (Å²) in [4.78, 5) is 4.30. The van der Waals surface area contributed by atoms with Crippen LogP contribution in [0, 0.1) is 12.8 Å². The molecule has 1 aliphatic rings. The number of hydrogen-bond acceptors (Lipinski definition) is 5. The lowest BCUT2D eigenvalue weighted by Crippen LogP contribution is -2.37. The van der Waals surface area contributed by atoms with Crippen LogP contribution in [0.25, 0.3) is 0 Å². The van der Waals surface area contributed by atoms with Crippen molar-refractivity contribution in [3.8, 4) is 5.75 Å². The molecule has 7 heteroatoms. The van der Waals surface area contributed by atoms with Crippen molar-refractivity contribution in [1.29, 1.82) is 0 Å². The summed E-state index contributed by atoms with van der Waals surface area (Å²) in [7, 11) is 1.77. The Morgan fingerprint density at radius 2 is 2.20 bits per heavy atom. The lowest BCUT2D eigenvalue weighted by molar-refractivity contribution is 0.105. The first-order chi connectivity index (χ1) is 14.7. The van der Waals surface area contributed by atoms with Gasteiger partial charge in [-0.2, -0.15) is 0 Å². The van der Waals surface area contributed by atoms with Crippen LogP contribution in [-0.2, 0) is 22.6 Å². The number of ether oxygens (including phenoxy) is 3. The number of aliphatic imine (C=N–C) groups is 1. The van der Waals surface area contributed by atoms with Gasteiger partial charge in [0.05, 0.1) is 19.5 Å². The lowest BCUT2D eigenvalue weighted by atomic mass is 10.1. The van der Waals surface area contributed by atoms with Crippen LogP contribution in [0.1, 0.15) is 29.7 Å². The summed E-state index contributed by atoms with van der Waals surface area (Å²) in [5.74, 6) is 3.01. The van der Waals surface area contributed by atoms with E-state index in [4.69, 9.17) is 18.6 Å². The van der Waals surface area contributed by atoms with E-state index in [1.54, 1.807) is 13.3 Å². The Labute approximate surface area is 178 Å². The largest absolute Gasteiger partial charge is 0.493 e. The zero-order chi connectivity index (χ0) is 21.0. The first-order valence-corrected chi connectivity index (χ1v) is 10.6. The van der Waals surface area contributed by atoms with Crippen molar-refractivity contribution in [1.82, 2.24) is 10.6 Å². The van der Waals surface area contributed by atoms with Crippen molar-refractivity contribution in [3.05, 3.63) is 53.5 Å². The number of guanidine groups is 1. The van der Waals surface area contributed by atoms with Crippen LogP contribution < -0.4 is 15.4 Å². The summed E-state index contributed by atoms with van der Waals surface area (Å²) in [5.41, 5.74) is 2.30. The maximum absolute atomic E-state index is 6.12. The van der Waals surface area contributed by atoms with Gasteiger partial charge in [-0.3, -0.25) is 4.99 Å². The van der Waals surface area contributed by atoms with E-state index in [9.17, 15) is 0 Å². The molecular formula is C23H33N3O4. The van der Waals surface area contributed by atoms with Crippen molar-refractivity contribution >= 4 is 5.96 Å². The van der Waals surface area contributed by atoms with E-state index < -0.39 is 0 Å². The molecule has 2 N–H and O–H groups in total. The molecule has 2 aromatic rings. The van der Waals surface area contributed by atoms with E-state index in [0.29, 0.717) is 32.3 Å². The van der Waals surface area contributed by atoms with Gasteiger partial charge in [0.25, 0.3) is 0 Å². The predicted molar refractivity (Wildman–Crippen MR) is 117 cm³/mol. The van der Waals surface area contributed by atoms with Gasteiger partial charge in [-0.1, -0.05) is 12.1 Å². The number of furan rings is 1. The van der Waals surface area contributed by atoms with Crippen LogP contribution in [0.4, 0.5) is 0 Å². The highest BCUT2D eigenvalue weighted by Gasteiger charge is 2.17. The monoisotopic (exact) mass is 415 g/mol. The smallest absolute Gasteiger partial charge is 0.191 e. The molecule has 30 heavy (non-hydrogen) atoms. The van der Waals surface area contributed by atoms with E-state index in [1.165, 1.54) is 5.56 Å². The van der Waals surface area contributed by atoms with Gasteiger partial charge in [-0.25, -0.2) is 0 Å². The van der Waals surface area contributed by atoms with Gasteiger partial charge in [0.1, 0.15) is 18.1 Å². The molecule has 7 nitrogen and oxygen atoms in total. The first kappa shape index (κ1) is 22.2. The van der Waals surface area contributed by atoms with Crippen molar-refractivity contribution in [2.45, 2.75) is 32.9 Å². The van der Waals surface area contributed by atoms with E-state index in [-0.39, 0.29) is 0 Å². The summed E-state index contributed by atoms with van der Waals surface area (Å²) < 4.78 is 22.4. The van der Waals surface area contributed by atoms with Crippen molar-refractivity contribution < 1.29 is 18.6 Å². The molecule has 1 saturated heterocycles. The molecule has 0 bridgehead atoms. The molecule has 0 amide bonds. The van der Waals surface area contributed by atoms with E-state index >= 15 is 0 Å². The van der Waals surface area contributed by atoms with Crippen LogP contribution in [0.5, 0.6) is 5.75 Å². The fraction of sp³-hybridized carbons (Fsp3) is 0.522. The maximum Gasteiger partial charge on any atom is 0.191 e. The fourth-order valence-electron chi connectivity index (χ4n) is 3.21. The fourth-order valence-corrected chi connectivity index (χ4v) is 3.21. The highest BCUT2D eigenvalue weighted by atomic mass is 16.5. The third-order valence-corrected chi connectivity index (χ3v) is 4.97. The average Bonchev–Trinajstić information content (AvgIpc) is 3.46. The molecule has 1 aliphatic heterocycles. The van der Waals surface area contributed by atoms with E-state index in [1.807, 2.05) is 12.1 Å². The third-order valence-electron chi connectivity index (χ3n) is 4.97. The Morgan fingerprint density at radius 1 is 1.27 bits per heavy atom. The second-order valence-electron chi connectivity index (χ2n) is 7.49. The van der Waals surface area contributed by atoms with Crippen LogP contribution in [0.2, 0.25) is 0 Å².